The Morgan fingerprint density at radius 3 is 2.14 bits per heavy atom. The molecule has 0 amide bonds. The van der Waals surface area contributed by atoms with Crippen LogP contribution in [0.2, 0.25) is 0 Å². The predicted molar refractivity (Wildman–Crippen MR) is 133 cm³/mol. The van der Waals surface area contributed by atoms with Crippen molar-refractivity contribution in [3.8, 4) is 34.4 Å². The lowest BCUT2D eigenvalue weighted by Crippen LogP contribution is -2.09. The maximum atomic E-state index is 6.34. The Bertz CT molecular complexity index is 1300. The summed E-state index contributed by atoms with van der Waals surface area (Å²) in [6.45, 7) is 2.36. The van der Waals surface area contributed by atoms with Crippen molar-refractivity contribution < 1.29 is 23.7 Å². The van der Waals surface area contributed by atoms with Gasteiger partial charge in [0.1, 0.15) is 35.4 Å². The number of rotatable bonds is 6. The molecule has 180 valence electrons. The molecule has 7 nitrogen and oxygen atoms in total. The maximum absolute atomic E-state index is 6.34. The number of fused-ring (bicyclic) bond motifs is 2. The van der Waals surface area contributed by atoms with E-state index in [-0.39, 0.29) is 5.92 Å². The summed E-state index contributed by atoms with van der Waals surface area (Å²) in [5, 5.41) is 4.86. The molecule has 0 fully saturated rings. The molecule has 0 bridgehead atoms. The second kappa shape index (κ2) is 9.25. The average Bonchev–Trinajstić information content (AvgIpc) is 3.20. The number of methoxy groups -OCH3 is 4. The summed E-state index contributed by atoms with van der Waals surface area (Å²) in [5.74, 6) is 3.17. The van der Waals surface area contributed by atoms with Crippen LogP contribution in [0, 0.1) is 6.92 Å². The molecule has 0 saturated heterocycles. The molecule has 7 heteroatoms. The van der Waals surface area contributed by atoms with Crippen molar-refractivity contribution in [1.29, 1.82) is 0 Å². The van der Waals surface area contributed by atoms with E-state index in [1.54, 1.807) is 28.4 Å². The molecule has 1 aliphatic rings. The van der Waals surface area contributed by atoms with Gasteiger partial charge in [-0.15, -0.1) is 0 Å². The molecular weight excluding hydrogens is 444 g/mol. The molecule has 5 rings (SSSR count). The van der Waals surface area contributed by atoms with Gasteiger partial charge in [0.25, 0.3) is 0 Å². The van der Waals surface area contributed by atoms with E-state index < -0.39 is 0 Å². The van der Waals surface area contributed by atoms with Gasteiger partial charge in [-0.25, -0.2) is 4.68 Å². The zero-order valence-corrected chi connectivity index (χ0v) is 20.5. The third-order valence-corrected chi connectivity index (χ3v) is 6.42. The van der Waals surface area contributed by atoms with E-state index in [1.807, 2.05) is 66.2 Å². The number of hydrogen-bond donors (Lipinski definition) is 0. The molecule has 0 N–H and O–H groups in total. The van der Waals surface area contributed by atoms with Crippen molar-refractivity contribution in [3.05, 3.63) is 88.7 Å². The number of aryl methyl sites for hydroxylation is 1. The molecule has 4 aromatic rings. The first-order valence-corrected chi connectivity index (χ1v) is 11.3. The molecule has 1 unspecified atom stereocenters. The van der Waals surface area contributed by atoms with Gasteiger partial charge in [0.2, 0.25) is 0 Å². The van der Waals surface area contributed by atoms with E-state index in [9.17, 15) is 0 Å². The van der Waals surface area contributed by atoms with Crippen molar-refractivity contribution >= 4 is 0 Å². The lowest BCUT2D eigenvalue weighted by Gasteiger charge is -2.24. The minimum absolute atomic E-state index is 0.262. The molecule has 1 aliphatic heterocycles. The fraction of sp³-hybridized carbons (Fsp3) is 0.250. The van der Waals surface area contributed by atoms with Crippen LogP contribution in [0.1, 0.15) is 33.9 Å². The Labute approximate surface area is 204 Å². The van der Waals surface area contributed by atoms with Crippen molar-refractivity contribution in [2.75, 3.05) is 28.4 Å². The predicted octanol–water partition coefficient (Wildman–Crippen LogP) is 5.29. The first-order chi connectivity index (χ1) is 17.1. The lowest BCUT2D eigenvalue weighted by molar-refractivity contribution is 0.299. The summed E-state index contributed by atoms with van der Waals surface area (Å²) in [7, 11) is 6.60. The fourth-order valence-electron chi connectivity index (χ4n) is 4.74. The second-order valence-electron chi connectivity index (χ2n) is 8.32. The largest absolute Gasteiger partial charge is 0.497 e. The number of hydrogen-bond acceptors (Lipinski definition) is 6. The SMILES string of the molecule is COc1cc2c(c(OC)c1)C(c1cn(-c3ccccc3)nc1C)c1c(OC)cc(OC)cc1OC2. The molecule has 35 heavy (non-hydrogen) atoms. The Hall–Kier alpha value is -4.13. The molecule has 0 saturated carbocycles. The van der Waals surface area contributed by atoms with Crippen molar-refractivity contribution in [1.82, 2.24) is 9.78 Å². The summed E-state index contributed by atoms with van der Waals surface area (Å²) in [4.78, 5) is 0. The van der Waals surface area contributed by atoms with Gasteiger partial charge >= 0.3 is 0 Å². The Morgan fingerprint density at radius 2 is 1.49 bits per heavy atom. The summed E-state index contributed by atoms with van der Waals surface area (Å²) in [6, 6.07) is 17.7. The van der Waals surface area contributed by atoms with Crippen LogP contribution in [0.4, 0.5) is 0 Å². The zero-order valence-electron chi connectivity index (χ0n) is 20.5. The summed E-state index contributed by atoms with van der Waals surface area (Å²) >= 11 is 0. The lowest BCUT2D eigenvalue weighted by atomic mass is 9.82. The van der Waals surface area contributed by atoms with Gasteiger partial charge in [0.05, 0.1) is 39.8 Å². The number of aromatic nitrogens is 2. The van der Waals surface area contributed by atoms with Gasteiger partial charge in [0, 0.05) is 52.6 Å². The van der Waals surface area contributed by atoms with Crippen LogP contribution >= 0.6 is 0 Å². The third-order valence-electron chi connectivity index (χ3n) is 6.42. The van der Waals surface area contributed by atoms with Crippen molar-refractivity contribution in [2.24, 2.45) is 0 Å². The van der Waals surface area contributed by atoms with Crippen LogP contribution in [0.3, 0.4) is 0 Å². The van der Waals surface area contributed by atoms with E-state index >= 15 is 0 Å². The highest BCUT2D eigenvalue weighted by atomic mass is 16.5. The van der Waals surface area contributed by atoms with Gasteiger partial charge < -0.3 is 23.7 Å². The van der Waals surface area contributed by atoms with E-state index in [2.05, 4.69) is 6.20 Å². The Kier molecular flexibility index (Phi) is 5.99. The fourth-order valence-corrected chi connectivity index (χ4v) is 4.74. The molecule has 2 heterocycles. The van der Waals surface area contributed by atoms with Crippen LogP contribution in [0.25, 0.3) is 5.69 Å². The van der Waals surface area contributed by atoms with Crippen LogP contribution in [-0.4, -0.2) is 38.2 Å². The van der Waals surface area contributed by atoms with Crippen molar-refractivity contribution in [3.63, 3.8) is 0 Å². The van der Waals surface area contributed by atoms with E-state index in [1.165, 1.54) is 0 Å². The van der Waals surface area contributed by atoms with Gasteiger partial charge in [-0.05, 0) is 25.1 Å². The average molecular weight is 473 g/mol. The van der Waals surface area contributed by atoms with Gasteiger partial charge in [-0.1, -0.05) is 18.2 Å². The highest BCUT2D eigenvalue weighted by Crippen LogP contribution is 2.51. The topological polar surface area (TPSA) is 64.0 Å². The summed E-state index contributed by atoms with van der Waals surface area (Å²) in [5.41, 5.74) is 5.76. The summed E-state index contributed by atoms with van der Waals surface area (Å²) in [6.07, 6.45) is 2.07. The zero-order chi connectivity index (χ0) is 24.5. The monoisotopic (exact) mass is 472 g/mol. The third kappa shape index (κ3) is 3.93. The number of para-hydroxylation sites is 1. The van der Waals surface area contributed by atoms with Crippen LogP contribution in [0.15, 0.2) is 60.8 Å². The van der Waals surface area contributed by atoms with Gasteiger partial charge in [-0.2, -0.15) is 5.10 Å². The molecular formula is C28H28N2O5. The Morgan fingerprint density at radius 1 is 0.829 bits per heavy atom. The molecule has 0 radical (unpaired) electrons. The number of benzene rings is 3. The quantitative estimate of drug-likeness (QED) is 0.380. The summed E-state index contributed by atoms with van der Waals surface area (Å²) < 4.78 is 31.1. The minimum Gasteiger partial charge on any atom is -0.497 e. The molecule has 0 aliphatic carbocycles. The smallest absolute Gasteiger partial charge is 0.131 e. The molecule has 1 atom stereocenters. The standard InChI is InChI=1S/C28H28N2O5/c1-17-22(15-30(29-17)19-9-7-6-8-10-19)27-26-18(11-20(31-2)12-23(26)33-4)16-35-25-14-21(32-3)13-24(34-5)28(25)27/h6-15,27H,16H2,1-5H3. The van der Waals surface area contributed by atoms with Gasteiger partial charge in [-0.3, -0.25) is 0 Å². The van der Waals surface area contributed by atoms with E-state index in [0.717, 1.165) is 33.6 Å². The van der Waals surface area contributed by atoms with E-state index in [0.29, 0.717) is 35.4 Å². The van der Waals surface area contributed by atoms with Crippen LogP contribution in [0.5, 0.6) is 28.7 Å². The van der Waals surface area contributed by atoms with E-state index in [4.69, 9.17) is 28.8 Å². The molecule has 0 spiro atoms. The first kappa shape index (κ1) is 22.7. The number of nitrogens with zero attached hydrogens (tertiary/aromatic N) is 2. The molecule has 1 aromatic heterocycles. The first-order valence-electron chi connectivity index (χ1n) is 11.3. The highest BCUT2D eigenvalue weighted by molar-refractivity contribution is 5.64. The highest BCUT2D eigenvalue weighted by Gasteiger charge is 2.35. The second-order valence-corrected chi connectivity index (χ2v) is 8.32. The Balaban J connectivity index is 1.82. The van der Waals surface area contributed by atoms with Crippen LogP contribution in [-0.2, 0) is 6.61 Å². The van der Waals surface area contributed by atoms with Gasteiger partial charge in [0.15, 0.2) is 0 Å². The minimum atomic E-state index is -0.262. The molecule has 3 aromatic carbocycles. The maximum Gasteiger partial charge on any atom is 0.131 e. The number of ether oxygens (including phenoxy) is 5. The van der Waals surface area contributed by atoms with Crippen LogP contribution < -0.4 is 23.7 Å². The van der Waals surface area contributed by atoms with Crippen molar-refractivity contribution in [2.45, 2.75) is 19.4 Å². The normalized spacial score (nSPS) is 14.3.